The summed E-state index contributed by atoms with van der Waals surface area (Å²) in [5.74, 6) is 1.01. The average Bonchev–Trinajstić information content (AvgIpc) is 3.34. The van der Waals surface area contributed by atoms with Crippen LogP contribution in [0.4, 0.5) is 0 Å². The predicted octanol–water partition coefficient (Wildman–Crippen LogP) is 3.22. The molecule has 0 unspecified atom stereocenters. The van der Waals surface area contributed by atoms with Gasteiger partial charge in [0, 0.05) is 44.3 Å². The largest absolute Gasteiger partial charge is 0.361 e. The Kier molecular flexibility index (Phi) is 6.83. The van der Waals surface area contributed by atoms with E-state index in [9.17, 15) is 4.79 Å². The van der Waals surface area contributed by atoms with Crippen molar-refractivity contribution in [3.05, 3.63) is 35.5 Å². The summed E-state index contributed by atoms with van der Waals surface area (Å²) in [6, 6.07) is 6.36. The SMILES string of the molecule is CCNC(=NCC1(C(=O)N(C)C)CCCC1)NCCc1c[nH]c2cccc(C)c12. The molecule has 1 amide bonds. The van der Waals surface area contributed by atoms with Gasteiger partial charge in [0.05, 0.1) is 12.0 Å². The quantitative estimate of drug-likeness (QED) is 0.496. The second-order valence-electron chi connectivity index (χ2n) is 8.37. The zero-order chi connectivity index (χ0) is 20.9. The van der Waals surface area contributed by atoms with Crippen LogP contribution in [0.1, 0.15) is 43.7 Å². The third-order valence-electron chi connectivity index (χ3n) is 5.99. The number of carbonyl (C=O) groups is 1. The Morgan fingerprint density at radius 2 is 2.00 bits per heavy atom. The van der Waals surface area contributed by atoms with E-state index in [1.165, 1.54) is 22.0 Å². The van der Waals surface area contributed by atoms with Crippen LogP contribution < -0.4 is 10.6 Å². The smallest absolute Gasteiger partial charge is 0.230 e. The number of guanidine groups is 1. The van der Waals surface area contributed by atoms with Gasteiger partial charge in [-0.15, -0.1) is 0 Å². The van der Waals surface area contributed by atoms with Crippen LogP contribution in [0.15, 0.2) is 29.4 Å². The van der Waals surface area contributed by atoms with Crippen LogP contribution >= 0.6 is 0 Å². The molecule has 2 aromatic rings. The van der Waals surface area contributed by atoms with E-state index in [4.69, 9.17) is 4.99 Å². The van der Waals surface area contributed by atoms with Gasteiger partial charge in [-0.05, 0) is 50.3 Å². The molecule has 0 atom stereocenters. The number of H-pyrrole nitrogens is 1. The highest BCUT2D eigenvalue weighted by Crippen LogP contribution is 2.39. The molecule has 6 nitrogen and oxygen atoms in total. The zero-order valence-electron chi connectivity index (χ0n) is 18.3. The summed E-state index contributed by atoms with van der Waals surface area (Å²) in [6.45, 7) is 6.36. The van der Waals surface area contributed by atoms with E-state index >= 15 is 0 Å². The number of nitrogens with one attached hydrogen (secondary N) is 3. The summed E-state index contributed by atoms with van der Waals surface area (Å²) in [6.07, 6.45) is 7.10. The van der Waals surface area contributed by atoms with E-state index in [0.717, 1.165) is 51.2 Å². The normalized spacial score (nSPS) is 16.2. The van der Waals surface area contributed by atoms with Gasteiger partial charge in [-0.25, -0.2) is 0 Å². The minimum absolute atomic E-state index is 0.212. The number of hydrogen-bond acceptors (Lipinski definition) is 2. The number of amides is 1. The van der Waals surface area contributed by atoms with Crippen molar-refractivity contribution in [3.8, 4) is 0 Å². The number of rotatable bonds is 7. The Morgan fingerprint density at radius 3 is 2.69 bits per heavy atom. The van der Waals surface area contributed by atoms with E-state index in [-0.39, 0.29) is 11.3 Å². The molecule has 0 spiro atoms. The molecule has 3 rings (SSSR count). The Labute approximate surface area is 174 Å². The first kappa shape index (κ1) is 21.2. The summed E-state index contributed by atoms with van der Waals surface area (Å²) in [5.41, 5.74) is 3.46. The monoisotopic (exact) mass is 397 g/mol. The molecule has 1 aromatic carbocycles. The Balaban J connectivity index is 1.65. The van der Waals surface area contributed by atoms with E-state index in [1.54, 1.807) is 4.90 Å². The first-order valence-electron chi connectivity index (χ1n) is 10.8. The molecule has 1 aliphatic rings. The fourth-order valence-corrected chi connectivity index (χ4v) is 4.50. The van der Waals surface area contributed by atoms with Crippen molar-refractivity contribution in [3.63, 3.8) is 0 Å². The lowest BCUT2D eigenvalue weighted by atomic mass is 9.85. The summed E-state index contributed by atoms with van der Waals surface area (Å²) in [7, 11) is 3.69. The van der Waals surface area contributed by atoms with Crippen LogP contribution in [0.5, 0.6) is 0 Å². The van der Waals surface area contributed by atoms with Gasteiger partial charge in [-0.1, -0.05) is 25.0 Å². The van der Waals surface area contributed by atoms with E-state index in [0.29, 0.717) is 6.54 Å². The highest BCUT2D eigenvalue weighted by molar-refractivity contribution is 5.87. The van der Waals surface area contributed by atoms with Crippen molar-refractivity contribution in [2.24, 2.45) is 10.4 Å². The van der Waals surface area contributed by atoms with Gasteiger partial charge < -0.3 is 20.5 Å². The number of hydrogen-bond donors (Lipinski definition) is 3. The maximum atomic E-state index is 12.8. The molecule has 0 saturated heterocycles. The van der Waals surface area contributed by atoms with Crippen LogP contribution in [0.25, 0.3) is 10.9 Å². The molecule has 1 aromatic heterocycles. The molecule has 29 heavy (non-hydrogen) atoms. The van der Waals surface area contributed by atoms with Crippen molar-refractivity contribution in [1.82, 2.24) is 20.5 Å². The summed E-state index contributed by atoms with van der Waals surface area (Å²) >= 11 is 0. The number of aromatic nitrogens is 1. The standard InChI is InChI=1S/C23H35N5O/c1-5-24-22(27-16-23(12-6-7-13-23)21(29)28(3)4)25-14-11-18-15-26-19-10-8-9-17(2)20(18)19/h8-10,15,26H,5-7,11-14,16H2,1-4H3,(H2,24,25,27). The van der Waals surface area contributed by atoms with Crippen LogP contribution in [-0.2, 0) is 11.2 Å². The number of aromatic amines is 1. The van der Waals surface area contributed by atoms with Gasteiger partial charge in [-0.2, -0.15) is 0 Å². The summed E-state index contributed by atoms with van der Waals surface area (Å²) in [5, 5.41) is 8.10. The lowest BCUT2D eigenvalue weighted by molar-refractivity contribution is -0.138. The van der Waals surface area contributed by atoms with Gasteiger partial charge >= 0.3 is 0 Å². The Morgan fingerprint density at radius 1 is 1.24 bits per heavy atom. The van der Waals surface area contributed by atoms with Crippen molar-refractivity contribution in [2.45, 2.75) is 46.0 Å². The molecule has 0 radical (unpaired) electrons. The number of benzene rings is 1. The van der Waals surface area contributed by atoms with Crippen LogP contribution in [0, 0.1) is 12.3 Å². The van der Waals surface area contributed by atoms with Gasteiger partial charge in [-0.3, -0.25) is 9.79 Å². The third kappa shape index (κ3) is 4.74. The number of carbonyl (C=O) groups excluding carboxylic acids is 1. The average molecular weight is 398 g/mol. The van der Waals surface area contributed by atoms with E-state index < -0.39 is 0 Å². The number of aryl methyl sites for hydroxylation is 1. The second-order valence-corrected chi connectivity index (χ2v) is 8.37. The van der Waals surface area contributed by atoms with E-state index in [2.05, 4.69) is 53.9 Å². The van der Waals surface area contributed by atoms with Gasteiger partial charge in [0.25, 0.3) is 0 Å². The van der Waals surface area contributed by atoms with Gasteiger partial charge in [0.2, 0.25) is 5.91 Å². The molecule has 158 valence electrons. The van der Waals surface area contributed by atoms with Crippen LogP contribution in [0.3, 0.4) is 0 Å². The fourth-order valence-electron chi connectivity index (χ4n) is 4.50. The van der Waals surface area contributed by atoms with Crippen molar-refractivity contribution >= 4 is 22.8 Å². The molecule has 1 aliphatic carbocycles. The number of aliphatic imine (C=N–C) groups is 1. The molecular weight excluding hydrogens is 362 g/mol. The predicted molar refractivity (Wildman–Crippen MR) is 120 cm³/mol. The highest BCUT2D eigenvalue weighted by Gasteiger charge is 2.42. The van der Waals surface area contributed by atoms with Crippen LogP contribution in [-0.4, -0.2) is 55.5 Å². The molecule has 1 fully saturated rings. The molecule has 1 heterocycles. The summed E-state index contributed by atoms with van der Waals surface area (Å²) < 4.78 is 0. The molecular formula is C23H35N5O. The minimum Gasteiger partial charge on any atom is -0.361 e. The lowest BCUT2D eigenvalue weighted by Gasteiger charge is -2.29. The molecule has 0 bridgehead atoms. The minimum atomic E-state index is -0.334. The van der Waals surface area contributed by atoms with Crippen LogP contribution in [0.2, 0.25) is 0 Å². The Bertz CT molecular complexity index is 861. The topological polar surface area (TPSA) is 72.5 Å². The Hall–Kier alpha value is -2.50. The van der Waals surface area contributed by atoms with Gasteiger partial charge in [0.15, 0.2) is 5.96 Å². The van der Waals surface area contributed by atoms with Gasteiger partial charge in [0.1, 0.15) is 0 Å². The second kappa shape index (κ2) is 9.33. The van der Waals surface area contributed by atoms with Crippen molar-refractivity contribution in [1.29, 1.82) is 0 Å². The first-order valence-corrected chi connectivity index (χ1v) is 10.8. The van der Waals surface area contributed by atoms with E-state index in [1.807, 2.05) is 14.1 Å². The number of fused-ring (bicyclic) bond motifs is 1. The highest BCUT2D eigenvalue weighted by atomic mass is 16.2. The maximum Gasteiger partial charge on any atom is 0.230 e. The first-order chi connectivity index (χ1) is 14.0. The van der Waals surface area contributed by atoms with Crippen molar-refractivity contribution < 1.29 is 4.79 Å². The third-order valence-corrected chi connectivity index (χ3v) is 5.99. The van der Waals surface area contributed by atoms with Crippen molar-refractivity contribution in [2.75, 3.05) is 33.7 Å². The zero-order valence-corrected chi connectivity index (χ0v) is 18.3. The number of nitrogens with zero attached hydrogens (tertiary/aromatic N) is 2. The molecule has 0 aliphatic heterocycles. The summed E-state index contributed by atoms with van der Waals surface area (Å²) in [4.78, 5) is 22.7. The maximum absolute atomic E-state index is 12.8. The molecule has 1 saturated carbocycles. The lowest BCUT2D eigenvalue weighted by Crippen LogP contribution is -2.43. The molecule has 3 N–H and O–H groups in total. The fraction of sp³-hybridized carbons (Fsp3) is 0.565. The molecule has 6 heteroatoms.